The molecule has 0 heterocycles. The van der Waals surface area contributed by atoms with E-state index >= 15 is 0 Å². The molecule has 4 nitrogen and oxygen atoms in total. The van der Waals surface area contributed by atoms with Gasteiger partial charge in [0.25, 0.3) is 0 Å². The molecule has 0 radical (unpaired) electrons. The summed E-state index contributed by atoms with van der Waals surface area (Å²) in [5, 5.41) is 0. The Hall–Kier alpha value is -1.39. The van der Waals surface area contributed by atoms with Crippen molar-refractivity contribution >= 4 is 5.97 Å². The van der Waals surface area contributed by atoms with E-state index in [0.717, 1.165) is 12.0 Å². The van der Waals surface area contributed by atoms with E-state index in [1.807, 2.05) is 44.2 Å². The fraction of sp³-hybridized carbons (Fsp3) is 0.562. The van der Waals surface area contributed by atoms with Crippen LogP contribution >= 0.6 is 0 Å². The lowest BCUT2D eigenvalue weighted by Crippen LogP contribution is -2.16. The Balaban J connectivity index is 1.91. The first-order valence-electron chi connectivity index (χ1n) is 7.03. The van der Waals surface area contributed by atoms with E-state index in [2.05, 4.69) is 0 Å². The summed E-state index contributed by atoms with van der Waals surface area (Å²) in [7, 11) is 0. The minimum atomic E-state index is -0.302. The SMILES string of the molecule is CC(C)COC(=O)COCCCOCc1ccccc1. The first-order valence-corrected chi connectivity index (χ1v) is 7.03. The normalized spacial score (nSPS) is 10.8. The fourth-order valence-corrected chi connectivity index (χ4v) is 1.48. The maximum Gasteiger partial charge on any atom is 0.332 e. The molecule has 0 aliphatic rings. The van der Waals surface area contributed by atoms with Crippen LogP contribution in [0.1, 0.15) is 25.8 Å². The van der Waals surface area contributed by atoms with Gasteiger partial charge in [0.15, 0.2) is 0 Å². The summed E-state index contributed by atoms with van der Waals surface area (Å²) in [6.45, 7) is 6.20. The van der Waals surface area contributed by atoms with Crippen LogP contribution in [0.2, 0.25) is 0 Å². The highest BCUT2D eigenvalue weighted by Gasteiger charge is 2.04. The van der Waals surface area contributed by atoms with Gasteiger partial charge in [-0.15, -0.1) is 0 Å². The van der Waals surface area contributed by atoms with Gasteiger partial charge in [-0.3, -0.25) is 0 Å². The van der Waals surface area contributed by atoms with Crippen LogP contribution in [0.4, 0.5) is 0 Å². The predicted octanol–water partition coefficient (Wildman–Crippen LogP) is 2.81. The van der Waals surface area contributed by atoms with Gasteiger partial charge in [-0.1, -0.05) is 44.2 Å². The zero-order valence-corrected chi connectivity index (χ0v) is 12.3. The Kier molecular flexibility index (Phi) is 8.67. The molecule has 0 spiro atoms. The van der Waals surface area contributed by atoms with Crippen LogP contribution in [0.15, 0.2) is 30.3 Å². The van der Waals surface area contributed by atoms with Gasteiger partial charge < -0.3 is 14.2 Å². The van der Waals surface area contributed by atoms with Crippen molar-refractivity contribution in [1.82, 2.24) is 0 Å². The third-order valence-electron chi connectivity index (χ3n) is 2.49. The molecule has 4 heteroatoms. The molecule has 0 unspecified atom stereocenters. The first kappa shape index (κ1) is 16.7. The van der Waals surface area contributed by atoms with Crippen LogP contribution in [0.5, 0.6) is 0 Å². The quantitative estimate of drug-likeness (QED) is 0.488. The van der Waals surface area contributed by atoms with Crippen LogP contribution in [-0.4, -0.2) is 32.4 Å². The number of hydrogen-bond donors (Lipinski definition) is 0. The zero-order valence-electron chi connectivity index (χ0n) is 12.3. The van der Waals surface area contributed by atoms with Crippen molar-refractivity contribution in [3.05, 3.63) is 35.9 Å². The minimum absolute atomic E-state index is 0.0193. The molecule has 0 bridgehead atoms. The molecule has 0 aliphatic carbocycles. The van der Waals surface area contributed by atoms with E-state index in [9.17, 15) is 4.79 Å². The van der Waals surface area contributed by atoms with Crippen molar-refractivity contribution in [1.29, 1.82) is 0 Å². The summed E-state index contributed by atoms with van der Waals surface area (Å²) in [6.07, 6.45) is 0.768. The molecule has 112 valence electrons. The molecule has 0 atom stereocenters. The molecule has 1 rings (SSSR count). The third kappa shape index (κ3) is 8.67. The highest BCUT2D eigenvalue weighted by Crippen LogP contribution is 2.00. The lowest BCUT2D eigenvalue weighted by Gasteiger charge is -2.08. The van der Waals surface area contributed by atoms with Crippen molar-refractivity contribution in [3.63, 3.8) is 0 Å². The van der Waals surface area contributed by atoms with Crippen molar-refractivity contribution in [2.45, 2.75) is 26.9 Å². The number of hydrogen-bond acceptors (Lipinski definition) is 4. The van der Waals surface area contributed by atoms with Gasteiger partial charge >= 0.3 is 5.97 Å². The van der Waals surface area contributed by atoms with Crippen LogP contribution in [0, 0.1) is 5.92 Å². The second kappa shape index (κ2) is 10.4. The molecule has 0 N–H and O–H groups in total. The molecule has 1 aromatic carbocycles. The second-order valence-electron chi connectivity index (χ2n) is 5.02. The summed E-state index contributed by atoms with van der Waals surface area (Å²) in [6, 6.07) is 10.0. The van der Waals surface area contributed by atoms with E-state index in [1.54, 1.807) is 0 Å². The number of carbonyl (C=O) groups excluding carboxylic acids is 1. The summed E-state index contributed by atoms with van der Waals surface area (Å²) < 4.78 is 15.7. The molecule has 0 saturated heterocycles. The van der Waals surface area contributed by atoms with Crippen LogP contribution in [0.3, 0.4) is 0 Å². The maximum atomic E-state index is 11.2. The summed E-state index contributed by atoms with van der Waals surface area (Å²) in [5.74, 6) is 0.0502. The van der Waals surface area contributed by atoms with Gasteiger partial charge in [0.1, 0.15) is 6.61 Å². The largest absolute Gasteiger partial charge is 0.464 e. The Bertz CT molecular complexity index is 362. The minimum Gasteiger partial charge on any atom is -0.464 e. The van der Waals surface area contributed by atoms with Gasteiger partial charge in [-0.2, -0.15) is 0 Å². The monoisotopic (exact) mass is 280 g/mol. The standard InChI is InChI=1S/C16H24O4/c1-14(2)11-20-16(17)13-19-10-6-9-18-12-15-7-4-3-5-8-15/h3-5,7-8,14H,6,9-13H2,1-2H3. The first-order chi connectivity index (χ1) is 9.68. The van der Waals surface area contributed by atoms with Crippen LogP contribution < -0.4 is 0 Å². The number of ether oxygens (including phenoxy) is 3. The molecular formula is C16H24O4. The smallest absolute Gasteiger partial charge is 0.332 e. The Morgan fingerprint density at radius 3 is 2.50 bits per heavy atom. The number of carbonyl (C=O) groups is 1. The highest BCUT2D eigenvalue weighted by atomic mass is 16.6. The summed E-state index contributed by atoms with van der Waals surface area (Å²) in [5.41, 5.74) is 1.16. The number of benzene rings is 1. The van der Waals surface area contributed by atoms with Crippen LogP contribution in [0.25, 0.3) is 0 Å². The molecule has 1 aromatic rings. The van der Waals surface area contributed by atoms with Gasteiger partial charge in [0.2, 0.25) is 0 Å². The molecule has 0 aromatic heterocycles. The Morgan fingerprint density at radius 1 is 1.10 bits per heavy atom. The molecule has 0 fully saturated rings. The fourth-order valence-electron chi connectivity index (χ4n) is 1.48. The molecular weight excluding hydrogens is 256 g/mol. The van der Waals surface area contributed by atoms with E-state index in [-0.39, 0.29) is 12.6 Å². The van der Waals surface area contributed by atoms with Crippen molar-refractivity contribution in [2.24, 2.45) is 5.92 Å². The third-order valence-corrected chi connectivity index (χ3v) is 2.49. The van der Waals surface area contributed by atoms with Crippen LogP contribution in [-0.2, 0) is 25.6 Å². The summed E-state index contributed by atoms with van der Waals surface area (Å²) >= 11 is 0. The maximum absolute atomic E-state index is 11.2. The Morgan fingerprint density at radius 2 is 1.80 bits per heavy atom. The lowest BCUT2D eigenvalue weighted by molar-refractivity contribution is -0.150. The molecule has 20 heavy (non-hydrogen) atoms. The summed E-state index contributed by atoms with van der Waals surface area (Å²) in [4.78, 5) is 11.2. The molecule has 0 aliphatic heterocycles. The molecule has 0 saturated carbocycles. The van der Waals surface area contributed by atoms with E-state index in [1.165, 1.54) is 0 Å². The number of rotatable bonds is 10. The highest BCUT2D eigenvalue weighted by molar-refractivity contribution is 5.70. The lowest BCUT2D eigenvalue weighted by atomic mass is 10.2. The average molecular weight is 280 g/mol. The second-order valence-corrected chi connectivity index (χ2v) is 5.02. The van der Waals surface area contributed by atoms with Crippen molar-refractivity contribution < 1.29 is 19.0 Å². The Labute approximate surface area is 121 Å². The van der Waals surface area contributed by atoms with E-state index in [4.69, 9.17) is 14.2 Å². The van der Waals surface area contributed by atoms with Crippen molar-refractivity contribution in [2.75, 3.05) is 26.4 Å². The van der Waals surface area contributed by atoms with Crippen molar-refractivity contribution in [3.8, 4) is 0 Å². The topological polar surface area (TPSA) is 44.8 Å². The van der Waals surface area contributed by atoms with Gasteiger partial charge in [0.05, 0.1) is 13.2 Å². The molecule has 0 amide bonds. The van der Waals surface area contributed by atoms with Gasteiger partial charge in [-0.05, 0) is 17.9 Å². The van der Waals surface area contributed by atoms with E-state index in [0.29, 0.717) is 32.3 Å². The van der Waals surface area contributed by atoms with Gasteiger partial charge in [0, 0.05) is 13.2 Å². The number of esters is 1. The predicted molar refractivity (Wildman–Crippen MR) is 77.3 cm³/mol. The average Bonchev–Trinajstić information content (AvgIpc) is 2.45. The van der Waals surface area contributed by atoms with Gasteiger partial charge in [-0.25, -0.2) is 4.79 Å². The van der Waals surface area contributed by atoms with E-state index < -0.39 is 0 Å². The zero-order chi connectivity index (χ0) is 14.6.